The predicted octanol–water partition coefficient (Wildman–Crippen LogP) is 2.19. The number of carbonyl (C=O) groups excluding carboxylic acids is 3. The lowest BCUT2D eigenvalue weighted by Gasteiger charge is -2.32. The lowest BCUT2D eigenvalue weighted by atomic mass is 10.1. The van der Waals surface area contributed by atoms with Gasteiger partial charge in [-0.15, -0.1) is 0 Å². The fourth-order valence-electron chi connectivity index (χ4n) is 2.91. The topological polar surface area (TPSA) is 87.7 Å². The summed E-state index contributed by atoms with van der Waals surface area (Å²) in [5, 5.41) is 5.30. The molecule has 3 amide bonds. The van der Waals surface area contributed by atoms with Crippen LogP contribution in [0.5, 0.6) is 5.75 Å². The number of carbonyl (C=O) groups is 3. The van der Waals surface area contributed by atoms with Gasteiger partial charge in [0.25, 0.3) is 11.8 Å². The lowest BCUT2D eigenvalue weighted by Crippen LogP contribution is -2.45. The number of fused-ring (bicyclic) bond motifs is 1. The third-order valence-corrected chi connectivity index (χ3v) is 4.27. The summed E-state index contributed by atoms with van der Waals surface area (Å²) in [7, 11) is 1.55. The van der Waals surface area contributed by atoms with E-state index in [-0.39, 0.29) is 30.7 Å². The Morgan fingerprint density at radius 3 is 2.70 bits per heavy atom. The van der Waals surface area contributed by atoms with Crippen molar-refractivity contribution >= 4 is 29.1 Å². The first-order valence-corrected chi connectivity index (χ1v) is 8.68. The summed E-state index contributed by atoms with van der Waals surface area (Å²) >= 11 is 0. The predicted molar refractivity (Wildman–Crippen MR) is 102 cm³/mol. The maximum atomic E-state index is 12.4. The van der Waals surface area contributed by atoms with Gasteiger partial charge in [0.1, 0.15) is 5.75 Å². The van der Waals surface area contributed by atoms with Gasteiger partial charge in [0.2, 0.25) is 5.91 Å². The molecule has 0 spiro atoms. The quantitative estimate of drug-likeness (QED) is 0.848. The fourth-order valence-corrected chi connectivity index (χ4v) is 2.91. The molecule has 2 aromatic carbocycles. The third-order valence-electron chi connectivity index (χ3n) is 4.27. The molecule has 1 aliphatic rings. The number of hydrogen-bond donors (Lipinski definition) is 2. The smallest absolute Gasteiger partial charge is 0.267 e. The van der Waals surface area contributed by atoms with Crippen LogP contribution in [0.3, 0.4) is 0 Å². The average Bonchev–Trinajstić information content (AvgIpc) is 2.68. The third kappa shape index (κ3) is 4.08. The maximum Gasteiger partial charge on any atom is 0.267 e. The fraction of sp³-hybridized carbons (Fsp3) is 0.250. The zero-order valence-corrected chi connectivity index (χ0v) is 15.2. The summed E-state index contributed by atoms with van der Waals surface area (Å²) in [6, 6.07) is 13.9. The number of rotatable bonds is 5. The summed E-state index contributed by atoms with van der Waals surface area (Å²) in [5.41, 5.74) is 1.65. The van der Waals surface area contributed by atoms with Crippen LogP contribution in [0.25, 0.3) is 0 Å². The van der Waals surface area contributed by atoms with E-state index in [1.807, 2.05) is 12.1 Å². The second-order valence-electron chi connectivity index (χ2n) is 6.18. The van der Waals surface area contributed by atoms with Crippen molar-refractivity contribution in [1.29, 1.82) is 0 Å². The van der Waals surface area contributed by atoms with Gasteiger partial charge in [0, 0.05) is 31.3 Å². The first-order valence-electron chi connectivity index (χ1n) is 8.68. The van der Waals surface area contributed by atoms with Gasteiger partial charge in [-0.05, 0) is 37.3 Å². The molecule has 0 bridgehead atoms. The Hall–Kier alpha value is -3.35. The number of anilines is 2. The molecule has 0 fully saturated rings. The van der Waals surface area contributed by atoms with Crippen molar-refractivity contribution in [3.8, 4) is 5.75 Å². The van der Waals surface area contributed by atoms with E-state index in [9.17, 15) is 14.4 Å². The molecule has 2 aromatic rings. The molecule has 1 unspecified atom stereocenters. The van der Waals surface area contributed by atoms with E-state index in [0.29, 0.717) is 22.7 Å². The van der Waals surface area contributed by atoms with Gasteiger partial charge in [-0.25, -0.2) is 0 Å². The Bertz CT molecular complexity index is 881. The molecule has 7 heteroatoms. The van der Waals surface area contributed by atoms with Gasteiger partial charge in [-0.3, -0.25) is 14.4 Å². The number of amides is 3. The Morgan fingerprint density at radius 2 is 1.93 bits per heavy atom. The van der Waals surface area contributed by atoms with E-state index in [1.165, 1.54) is 0 Å². The van der Waals surface area contributed by atoms with Crippen molar-refractivity contribution in [2.45, 2.75) is 19.4 Å². The monoisotopic (exact) mass is 367 g/mol. The normalized spacial score (nSPS) is 15.6. The van der Waals surface area contributed by atoms with Crippen LogP contribution in [0.4, 0.5) is 11.4 Å². The molecule has 27 heavy (non-hydrogen) atoms. The molecule has 0 radical (unpaired) electrons. The van der Waals surface area contributed by atoms with Gasteiger partial charge in [0.15, 0.2) is 6.10 Å². The average molecular weight is 367 g/mol. The van der Waals surface area contributed by atoms with Crippen molar-refractivity contribution in [1.82, 2.24) is 5.32 Å². The highest BCUT2D eigenvalue weighted by Crippen LogP contribution is 2.33. The first kappa shape index (κ1) is 18.4. The number of para-hydroxylation sites is 2. The number of benzene rings is 2. The summed E-state index contributed by atoms with van der Waals surface area (Å²) in [4.78, 5) is 38.0. The largest absolute Gasteiger partial charge is 0.479 e. The van der Waals surface area contributed by atoms with Crippen LogP contribution in [0.2, 0.25) is 0 Å². The van der Waals surface area contributed by atoms with E-state index in [0.717, 1.165) is 0 Å². The van der Waals surface area contributed by atoms with Crippen LogP contribution in [0, 0.1) is 0 Å². The minimum absolute atomic E-state index is 0.122. The van der Waals surface area contributed by atoms with Crippen LogP contribution >= 0.6 is 0 Å². The van der Waals surface area contributed by atoms with Crippen LogP contribution in [-0.2, 0) is 9.59 Å². The van der Waals surface area contributed by atoms with Gasteiger partial charge in [-0.2, -0.15) is 0 Å². The van der Waals surface area contributed by atoms with Crippen LogP contribution in [-0.4, -0.2) is 37.4 Å². The second-order valence-corrected chi connectivity index (χ2v) is 6.18. The highest BCUT2D eigenvalue weighted by Gasteiger charge is 2.31. The molecule has 0 aromatic heterocycles. The molecule has 2 N–H and O–H groups in total. The second kappa shape index (κ2) is 7.90. The van der Waals surface area contributed by atoms with E-state index in [4.69, 9.17) is 4.74 Å². The number of nitrogens with one attached hydrogen (secondary N) is 2. The number of hydrogen-bond acceptors (Lipinski definition) is 4. The molecular weight excluding hydrogens is 346 g/mol. The minimum atomic E-state index is -0.591. The van der Waals surface area contributed by atoms with Gasteiger partial charge < -0.3 is 20.3 Å². The Kier molecular flexibility index (Phi) is 5.40. The van der Waals surface area contributed by atoms with E-state index in [2.05, 4.69) is 10.6 Å². The SMILES string of the molecule is CNC(=O)c1cccc(NC(=O)CCN2C(=O)C(C)Oc3ccccc32)c1. The van der Waals surface area contributed by atoms with Crippen LogP contribution < -0.4 is 20.3 Å². The van der Waals surface area contributed by atoms with Crippen LogP contribution in [0.15, 0.2) is 48.5 Å². The van der Waals surface area contributed by atoms with Crippen molar-refractivity contribution < 1.29 is 19.1 Å². The van der Waals surface area contributed by atoms with E-state index < -0.39 is 6.10 Å². The molecule has 0 saturated heterocycles. The lowest BCUT2D eigenvalue weighted by molar-refractivity contribution is -0.125. The summed E-state index contributed by atoms with van der Waals surface area (Å²) in [6.45, 7) is 1.93. The van der Waals surface area contributed by atoms with Crippen molar-refractivity contribution in [2.24, 2.45) is 0 Å². The summed E-state index contributed by atoms with van der Waals surface area (Å²) < 4.78 is 5.59. The highest BCUT2D eigenvalue weighted by atomic mass is 16.5. The molecule has 0 aliphatic carbocycles. The Labute approximate surface area is 157 Å². The molecular formula is C20H21N3O4. The zero-order valence-electron chi connectivity index (χ0n) is 15.2. The number of nitrogens with zero attached hydrogens (tertiary/aromatic N) is 1. The van der Waals surface area contributed by atoms with E-state index in [1.54, 1.807) is 55.3 Å². The molecule has 1 atom stereocenters. The Balaban J connectivity index is 1.66. The van der Waals surface area contributed by atoms with Gasteiger partial charge in [-0.1, -0.05) is 18.2 Å². The molecule has 1 heterocycles. The summed E-state index contributed by atoms with van der Waals surface area (Å²) in [6.07, 6.45) is -0.469. The first-order chi connectivity index (χ1) is 13.0. The van der Waals surface area contributed by atoms with Crippen molar-refractivity contribution in [2.75, 3.05) is 23.8 Å². The van der Waals surface area contributed by atoms with E-state index >= 15 is 0 Å². The molecule has 3 rings (SSSR count). The zero-order chi connectivity index (χ0) is 19.4. The Morgan fingerprint density at radius 1 is 1.15 bits per heavy atom. The van der Waals surface area contributed by atoms with Crippen molar-refractivity contribution in [3.63, 3.8) is 0 Å². The molecule has 7 nitrogen and oxygen atoms in total. The van der Waals surface area contributed by atoms with Crippen LogP contribution in [0.1, 0.15) is 23.7 Å². The van der Waals surface area contributed by atoms with Gasteiger partial charge >= 0.3 is 0 Å². The summed E-state index contributed by atoms with van der Waals surface area (Å²) in [5.74, 6) is -0.0181. The molecule has 0 saturated carbocycles. The highest BCUT2D eigenvalue weighted by molar-refractivity contribution is 6.01. The van der Waals surface area contributed by atoms with Crippen molar-refractivity contribution in [3.05, 3.63) is 54.1 Å². The minimum Gasteiger partial charge on any atom is -0.479 e. The standard InChI is InChI=1S/C20H21N3O4/c1-13-20(26)23(16-8-3-4-9-17(16)27-13)11-10-18(24)22-15-7-5-6-14(12-15)19(25)21-2/h3-9,12-13H,10-11H2,1-2H3,(H,21,25)(H,22,24). The molecule has 1 aliphatic heterocycles. The van der Waals surface area contributed by atoms with Gasteiger partial charge in [0.05, 0.1) is 5.69 Å². The maximum absolute atomic E-state index is 12.4. The number of ether oxygens (including phenoxy) is 1. The molecule has 140 valence electrons.